The first-order valence-corrected chi connectivity index (χ1v) is 4.73. The smallest absolute Gasteiger partial charge is 0.326 e. The van der Waals surface area contributed by atoms with Gasteiger partial charge in [-0.3, -0.25) is 9.59 Å². The zero-order valence-electron chi connectivity index (χ0n) is 8.60. The number of carbonyl (C=O) groups excluding carboxylic acids is 1. The van der Waals surface area contributed by atoms with Crippen molar-refractivity contribution in [2.24, 2.45) is 5.92 Å². The number of fused-ring (bicyclic) bond motifs is 1. The van der Waals surface area contributed by atoms with Crippen LogP contribution in [0.15, 0.2) is 18.2 Å². The normalized spacial score (nSPS) is 18.6. The SMILES string of the molecule is COc1ccc2c(c1)OC(=O)C(C(=O)O)C2. The number of carboxylic acid groups (broad SMARTS) is 1. The van der Waals surface area contributed by atoms with Crippen molar-refractivity contribution in [2.45, 2.75) is 6.42 Å². The van der Waals surface area contributed by atoms with Gasteiger partial charge in [0.2, 0.25) is 0 Å². The van der Waals surface area contributed by atoms with Gasteiger partial charge in [-0.2, -0.15) is 0 Å². The van der Waals surface area contributed by atoms with Crippen LogP contribution in [-0.4, -0.2) is 24.2 Å². The third kappa shape index (κ3) is 1.71. The number of carbonyl (C=O) groups is 2. The first-order chi connectivity index (χ1) is 7.61. The molecule has 0 amide bonds. The van der Waals surface area contributed by atoms with Crippen LogP contribution in [0.2, 0.25) is 0 Å². The molecule has 1 aliphatic heterocycles. The van der Waals surface area contributed by atoms with E-state index < -0.39 is 17.9 Å². The predicted molar refractivity (Wildman–Crippen MR) is 53.5 cm³/mol. The van der Waals surface area contributed by atoms with Gasteiger partial charge in [-0.15, -0.1) is 0 Å². The second kappa shape index (κ2) is 3.84. The first-order valence-electron chi connectivity index (χ1n) is 4.73. The zero-order valence-corrected chi connectivity index (χ0v) is 8.60. The van der Waals surface area contributed by atoms with Crippen LogP contribution >= 0.6 is 0 Å². The number of hydrogen-bond donors (Lipinski definition) is 1. The average Bonchev–Trinajstić information content (AvgIpc) is 2.27. The molecule has 0 bridgehead atoms. The number of esters is 1. The molecule has 0 spiro atoms. The molecule has 0 saturated carbocycles. The van der Waals surface area contributed by atoms with E-state index in [1.807, 2.05) is 0 Å². The van der Waals surface area contributed by atoms with Crippen LogP contribution in [0.5, 0.6) is 11.5 Å². The molecule has 1 aliphatic rings. The lowest BCUT2D eigenvalue weighted by Crippen LogP contribution is -2.33. The van der Waals surface area contributed by atoms with Crippen LogP contribution in [0.3, 0.4) is 0 Å². The minimum absolute atomic E-state index is 0.160. The van der Waals surface area contributed by atoms with E-state index in [2.05, 4.69) is 0 Å². The van der Waals surface area contributed by atoms with Crippen LogP contribution in [0.25, 0.3) is 0 Å². The number of rotatable bonds is 2. The van der Waals surface area contributed by atoms with E-state index in [-0.39, 0.29) is 6.42 Å². The fraction of sp³-hybridized carbons (Fsp3) is 0.273. The summed E-state index contributed by atoms with van der Waals surface area (Å²) in [7, 11) is 1.51. The summed E-state index contributed by atoms with van der Waals surface area (Å²) in [5, 5.41) is 8.81. The number of ether oxygens (including phenoxy) is 2. The van der Waals surface area contributed by atoms with E-state index in [9.17, 15) is 9.59 Å². The van der Waals surface area contributed by atoms with Gasteiger partial charge < -0.3 is 14.6 Å². The van der Waals surface area contributed by atoms with Gasteiger partial charge in [-0.25, -0.2) is 0 Å². The van der Waals surface area contributed by atoms with Gasteiger partial charge in [0.1, 0.15) is 11.5 Å². The van der Waals surface area contributed by atoms with Crippen molar-refractivity contribution in [3.8, 4) is 11.5 Å². The van der Waals surface area contributed by atoms with E-state index in [4.69, 9.17) is 14.6 Å². The molecular formula is C11H10O5. The van der Waals surface area contributed by atoms with Gasteiger partial charge in [0, 0.05) is 12.5 Å². The largest absolute Gasteiger partial charge is 0.497 e. The molecule has 1 heterocycles. The Labute approximate surface area is 91.6 Å². The van der Waals surface area contributed by atoms with Crippen molar-refractivity contribution in [1.82, 2.24) is 0 Å². The van der Waals surface area contributed by atoms with E-state index in [1.165, 1.54) is 7.11 Å². The van der Waals surface area contributed by atoms with Gasteiger partial charge in [-0.05, 0) is 11.6 Å². The molecule has 0 radical (unpaired) electrons. The minimum Gasteiger partial charge on any atom is -0.497 e. The van der Waals surface area contributed by atoms with E-state index in [1.54, 1.807) is 18.2 Å². The molecule has 1 unspecified atom stereocenters. The van der Waals surface area contributed by atoms with Crippen LogP contribution in [0, 0.1) is 5.92 Å². The van der Waals surface area contributed by atoms with Gasteiger partial charge in [-0.1, -0.05) is 6.07 Å². The van der Waals surface area contributed by atoms with Crippen LogP contribution in [0.1, 0.15) is 5.56 Å². The van der Waals surface area contributed by atoms with Gasteiger partial charge in [0.25, 0.3) is 0 Å². The lowest BCUT2D eigenvalue weighted by molar-refractivity contribution is -0.153. The summed E-state index contributed by atoms with van der Waals surface area (Å²) in [6, 6.07) is 4.98. The summed E-state index contributed by atoms with van der Waals surface area (Å²) in [4.78, 5) is 22.1. The minimum atomic E-state index is -1.16. The Morgan fingerprint density at radius 3 is 2.94 bits per heavy atom. The molecule has 84 valence electrons. The topological polar surface area (TPSA) is 72.8 Å². The molecule has 1 N–H and O–H groups in total. The first kappa shape index (κ1) is 10.5. The van der Waals surface area contributed by atoms with Crippen LogP contribution in [0.4, 0.5) is 0 Å². The molecule has 0 aromatic heterocycles. The quantitative estimate of drug-likeness (QED) is 0.456. The van der Waals surface area contributed by atoms with Gasteiger partial charge >= 0.3 is 11.9 Å². The summed E-state index contributed by atoms with van der Waals surface area (Å²) in [6.07, 6.45) is 0.160. The summed E-state index contributed by atoms with van der Waals surface area (Å²) in [5.74, 6) is -2.05. The van der Waals surface area contributed by atoms with Crippen molar-refractivity contribution >= 4 is 11.9 Å². The predicted octanol–water partition coefficient (Wildman–Crippen LogP) is 0.857. The maximum Gasteiger partial charge on any atom is 0.326 e. The fourth-order valence-corrected chi connectivity index (χ4v) is 1.60. The lowest BCUT2D eigenvalue weighted by atomic mass is 9.96. The number of benzene rings is 1. The highest BCUT2D eigenvalue weighted by Crippen LogP contribution is 2.31. The van der Waals surface area contributed by atoms with Crippen molar-refractivity contribution < 1.29 is 24.2 Å². The summed E-state index contributed by atoms with van der Waals surface area (Å²) in [6.45, 7) is 0. The molecule has 5 nitrogen and oxygen atoms in total. The Morgan fingerprint density at radius 2 is 2.31 bits per heavy atom. The standard InChI is InChI=1S/C11H10O5/c1-15-7-3-2-6-4-8(10(12)13)11(14)16-9(6)5-7/h2-3,5,8H,4H2,1H3,(H,12,13). The number of hydrogen-bond acceptors (Lipinski definition) is 4. The fourth-order valence-electron chi connectivity index (χ4n) is 1.60. The summed E-state index contributed by atoms with van der Waals surface area (Å²) >= 11 is 0. The molecule has 1 atom stereocenters. The zero-order chi connectivity index (χ0) is 11.7. The molecule has 0 fully saturated rings. The Balaban J connectivity index is 2.35. The molecule has 0 aliphatic carbocycles. The lowest BCUT2D eigenvalue weighted by Gasteiger charge is -2.20. The molecular weight excluding hydrogens is 212 g/mol. The molecule has 1 aromatic carbocycles. The highest BCUT2D eigenvalue weighted by molar-refractivity contribution is 5.96. The highest BCUT2D eigenvalue weighted by Gasteiger charge is 2.34. The second-order valence-electron chi connectivity index (χ2n) is 3.49. The van der Waals surface area contributed by atoms with Gasteiger partial charge in [0.05, 0.1) is 7.11 Å². The van der Waals surface area contributed by atoms with Crippen molar-refractivity contribution in [2.75, 3.05) is 7.11 Å². The maximum atomic E-state index is 11.4. The third-order valence-corrected chi connectivity index (χ3v) is 2.49. The van der Waals surface area contributed by atoms with E-state index >= 15 is 0 Å². The maximum absolute atomic E-state index is 11.4. The van der Waals surface area contributed by atoms with Crippen LogP contribution < -0.4 is 9.47 Å². The molecule has 1 aromatic rings. The molecule has 0 saturated heterocycles. The highest BCUT2D eigenvalue weighted by atomic mass is 16.5. The summed E-state index contributed by atoms with van der Waals surface area (Å²) in [5.41, 5.74) is 0.702. The Kier molecular flexibility index (Phi) is 2.52. The van der Waals surface area contributed by atoms with Crippen molar-refractivity contribution in [3.63, 3.8) is 0 Å². The monoisotopic (exact) mass is 222 g/mol. The Bertz CT molecular complexity index is 452. The molecule has 2 rings (SSSR count). The number of carboxylic acids is 1. The van der Waals surface area contributed by atoms with Crippen LogP contribution in [-0.2, 0) is 16.0 Å². The van der Waals surface area contributed by atoms with E-state index in [0.29, 0.717) is 17.1 Å². The van der Waals surface area contributed by atoms with Crippen molar-refractivity contribution in [3.05, 3.63) is 23.8 Å². The second-order valence-corrected chi connectivity index (χ2v) is 3.49. The van der Waals surface area contributed by atoms with Gasteiger partial charge in [0.15, 0.2) is 5.92 Å². The number of methoxy groups -OCH3 is 1. The Morgan fingerprint density at radius 1 is 1.56 bits per heavy atom. The molecule has 5 heteroatoms. The Hall–Kier alpha value is -2.04. The number of aliphatic carboxylic acids is 1. The average molecular weight is 222 g/mol. The third-order valence-electron chi connectivity index (χ3n) is 2.49. The summed E-state index contributed by atoms with van der Waals surface area (Å²) < 4.78 is 9.93. The van der Waals surface area contributed by atoms with E-state index in [0.717, 1.165) is 0 Å². The van der Waals surface area contributed by atoms with Crippen molar-refractivity contribution in [1.29, 1.82) is 0 Å². The molecule has 16 heavy (non-hydrogen) atoms.